The molecule has 0 aliphatic carbocycles. The number of nitrogens with one attached hydrogen (secondary N) is 1. The lowest BCUT2D eigenvalue weighted by molar-refractivity contribution is -0.113. The van der Waals surface area contributed by atoms with E-state index in [1.54, 1.807) is 18.5 Å². The number of aromatic nitrogens is 2. The van der Waals surface area contributed by atoms with Crippen LogP contribution in [-0.2, 0) is 9.53 Å². The number of hydrogen-bond donors (Lipinski definition) is 2. The van der Waals surface area contributed by atoms with Crippen molar-refractivity contribution in [3.05, 3.63) is 35.6 Å². The molecule has 31 heavy (non-hydrogen) atoms. The first-order valence-corrected chi connectivity index (χ1v) is 11.9. The Morgan fingerprint density at radius 3 is 2.68 bits per heavy atom. The van der Waals surface area contributed by atoms with Gasteiger partial charge in [-0.25, -0.2) is 14.8 Å². The number of primary amides is 1. The number of piperidine rings is 1. The molecule has 0 bridgehead atoms. The Balaban J connectivity index is 1.61. The summed E-state index contributed by atoms with van der Waals surface area (Å²) in [4.78, 5) is 34.5. The third-order valence-corrected chi connectivity index (χ3v) is 7.05. The maximum Gasteiger partial charge on any atom is 0.404 e. The minimum atomic E-state index is -0.737. The van der Waals surface area contributed by atoms with E-state index in [4.69, 9.17) is 22.1 Å². The van der Waals surface area contributed by atoms with Crippen molar-refractivity contribution in [2.75, 3.05) is 35.2 Å². The number of nitrogens with zero attached hydrogens (tertiary/aromatic N) is 3. The van der Waals surface area contributed by atoms with Crippen molar-refractivity contribution in [2.24, 2.45) is 11.1 Å². The summed E-state index contributed by atoms with van der Waals surface area (Å²) in [5.74, 6) is 0.624. The Morgan fingerprint density at radius 1 is 1.32 bits per heavy atom. The molecule has 0 unspecified atom stereocenters. The molecule has 8 nitrogen and oxygen atoms in total. The fourth-order valence-corrected chi connectivity index (χ4v) is 4.38. The summed E-state index contributed by atoms with van der Waals surface area (Å²) >= 11 is 10.9. The van der Waals surface area contributed by atoms with Gasteiger partial charge in [-0.05, 0) is 25.0 Å². The molecule has 166 valence electrons. The quantitative estimate of drug-likeness (QED) is 0.515. The Bertz CT molecular complexity index is 939. The summed E-state index contributed by atoms with van der Waals surface area (Å²) in [7, 11) is 0. The number of rotatable bonds is 7. The molecule has 1 aromatic heterocycles. The standard InChI is InChI=1S/C20H23BrClN5O3S/c1-20(12-30-19(23)29)5-7-27(8-6-20)15-10-25-17(11-24-15)31-14-4-2-3-13(18(14)22)26-16(28)9-21/h2-4,10-11H,5-9,12H2,1H3,(H2,23,29)(H,26,28). The van der Waals surface area contributed by atoms with Gasteiger partial charge in [0, 0.05) is 23.4 Å². The fourth-order valence-electron chi connectivity index (χ4n) is 3.17. The molecule has 3 rings (SSSR count). The van der Waals surface area contributed by atoms with Crippen LogP contribution in [0.5, 0.6) is 0 Å². The van der Waals surface area contributed by atoms with E-state index in [1.165, 1.54) is 11.8 Å². The van der Waals surface area contributed by atoms with Crippen molar-refractivity contribution in [1.29, 1.82) is 0 Å². The lowest BCUT2D eigenvalue weighted by Gasteiger charge is -2.39. The van der Waals surface area contributed by atoms with E-state index in [-0.39, 0.29) is 16.7 Å². The predicted octanol–water partition coefficient (Wildman–Crippen LogP) is 4.32. The second kappa shape index (κ2) is 10.5. The third kappa shape index (κ3) is 6.47. The van der Waals surface area contributed by atoms with Crippen LogP contribution < -0.4 is 16.0 Å². The highest BCUT2D eigenvalue weighted by molar-refractivity contribution is 9.09. The van der Waals surface area contributed by atoms with Gasteiger partial charge < -0.3 is 20.7 Å². The lowest BCUT2D eigenvalue weighted by Crippen LogP contribution is -2.42. The minimum absolute atomic E-state index is 0.0826. The van der Waals surface area contributed by atoms with Crippen LogP contribution >= 0.6 is 39.3 Å². The van der Waals surface area contributed by atoms with Gasteiger partial charge in [0.15, 0.2) is 0 Å². The number of carbonyl (C=O) groups excluding carboxylic acids is 2. The summed E-state index contributed by atoms with van der Waals surface area (Å²) in [6.45, 7) is 4.01. The zero-order chi connectivity index (χ0) is 22.4. The molecule has 11 heteroatoms. The fraction of sp³-hybridized carbons (Fsp3) is 0.400. The largest absolute Gasteiger partial charge is 0.449 e. The molecule has 1 aromatic carbocycles. The topological polar surface area (TPSA) is 110 Å². The smallest absolute Gasteiger partial charge is 0.404 e. The highest BCUT2D eigenvalue weighted by Crippen LogP contribution is 2.37. The van der Waals surface area contributed by atoms with Gasteiger partial charge in [0.25, 0.3) is 0 Å². The maximum atomic E-state index is 11.6. The summed E-state index contributed by atoms with van der Waals surface area (Å²) in [6, 6.07) is 5.44. The third-order valence-electron chi connectivity index (χ3n) is 5.05. The van der Waals surface area contributed by atoms with Gasteiger partial charge >= 0.3 is 6.09 Å². The summed E-state index contributed by atoms with van der Waals surface area (Å²) in [6.07, 6.45) is 4.44. The maximum absolute atomic E-state index is 11.6. The van der Waals surface area contributed by atoms with Crippen molar-refractivity contribution in [1.82, 2.24) is 9.97 Å². The molecule has 1 fully saturated rings. The molecule has 0 radical (unpaired) electrons. The second-order valence-electron chi connectivity index (χ2n) is 7.52. The molecule has 0 spiro atoms. The number of alkyl halides is 1. The van der Waals surface area contributed by atoms with E-state index in [9.17, 15) is 9.59 Å². The number of benzene rings is 1. The van der Waals surface area contributed by atoms with Crippen LogP contribution in [0.4, 0.5) is 16.3 Å². The van der Waals surface area contributed by atoms with Crippen molar-refractivity contribution in [2.45, 2.75) is 29.7 Å². The summed E-state index contributed by atoms with van der Waals surface area (Å²) < 4.78 is 5.00. The molecule has 1 saturated heterocycles. The number of ether oxygens (including phenoxy) is 1. The Labute approximate surface area is 198 Å². The van der Waals surface area contributed by atoms with Crippen LogP contribution in [0.25, 0.3) is 0 Å². The van der Waals surface area contributed by atoms with E-state index in [2.05, 4.69) is 43.0 Å². The van der Waals surface area contributed by atoms with Gasteiger partial charge in [0.1, 0.15) is 10.8 Å². The Morgan fingerprint density at radius 2 is 2.06 bits per heavy atom. The van der Waals surface area contributed by atoms with E-state index < -0.39 is 6.09 Å². The van der Waals surface area contributed by atoms with E-state index >= 15 is 0 Å². The van der Waals surface area contributed by atoms with Gasteiger partial charge in [-0.3, -0.25) is 4.79 Å². The number of halogens is 2. The zero-order valence-electron chi connectivity index (χ0n) is 16.9. The average Bonchev–Trinajstić information content (AvgIpc) is 2.76. The molecule has 1 aliphatic heterocycles. The highest BCUT2D eigenvalue weighted by Gasteiger charge is 2.32. The Kier molecular flexibility index (Phi) is 8.01. The SMILES string of the molecule is CC1(COC(N)=O)CCN(c2cnc(Sc3cccc(NC(=O)CBr)c3Cl)cn2)CC1. The zero-order valence-corrected chi connectivity index (χ0v) is 20.1. The number of nitrogens with two attached hydrogens (primary N) is 1. The molecular weight excluding hydrogens is 506 g/mol. The van der Waals surface area contributed by atoms with Crippen LogP contribution in [0, 0.1) is 5.41 Å². The first kappa shape index (κ1) is 23.6. The molecule has 2 heterocycles. The molecule has 0 saturated carbocycles. The number of amides is 2. The normalized spacial score (nSPS) is 15.4. The summed E-state index contributed by atoms with van der Waals surface area (Å²) in [5.41, 5.74) is 5.55. The number of carbonyl (C=O) groups is 2. The summed E-state index contributed by atoms with van der Waals surface area (Å²) in [5, 5.41) is 4.11. The van der Waals surface area contributed by atoms with Crippen molar-refractivity contribution >= 4 is 62.8 Å². The van der Waals surface area contributed by atoms with Crippen molar-refractivity contribution < 1.29 is 14.3 Å². The van der Waals surface area contributed by atoms with Crippen LogP contribution in [0.2, 0.25) is 5.02 Å². The molecule has 0 atom stereocenters. The molecular formula is C20H23BrClN5O3S. The van der Waals surface area contributed by atoms with E-state index in [0.717, 1.165) is 36.6 Å². The van der Waals surface area contributed by atoms with Crippen LogP contribution in [0.1, 0.15) is 19.8 Å². The highest BCUT2D eigenvalue weighted by atomic mass is 79.9. The molecule has 2 aromatic rings. The predicted molar refractivity (Wildman–Crippen MR) is 125 cm³/mol. The van der Waals surface area contributed by atoms with Crippen LogP contribution in [0.15, 0.2) is 40.5 Å². The van der Waals surface area contributed by atoms with Crippen LogP contribution in [0.3, 0.4) is 0 Å². The minimum Gasteiger partial charge on any atom is -0.449 e. The first-order chi connectivity index (χ1) is 14.8. The number of hydrogen-bond acceptors (Lipinski definition) is 7. The van der Waals surface area contributed by atoms with Gasteiger partial charge in [-0.15, -0.1) is 0 Å². The molecule has 3 N–H and O–H groups in total. The Hall–Kier alpha value is -2.04. The van der Waals surface area contributed by atoms with Crippen LogP contribution in [-0.4, -0.2) is 47.0 Å². The second-order valence-corrected chi connectivity index (χ2v) is 9.52. The first-order valence-electron chi connectivity index (χ1n) is 9.61. The average molecular weight is 529 g/mol. The number of anilines is 2. The lowest BCUT2D eigenvalue weighted by atomic mass is 9.81. The van der Waals surface area contributed by atoms with E-state index in [0.29, 0.717) is 22.3 Å². The monoisotopic (exact) mass is 527 g/mol. The van der Waals surface area contributed by atoms with Crippen molar-refractivity contribution in [3.63, 3.8) is 0 Å². The molecule has 1 aliphatic rings. The van der Waals surface area contributed by atoms with Gasteiger partial charge in [0.2, 0.25) is 5.91 Å². The van der Waals surface area contributed by atoms with Crippen molar-refractivity contribution in [3.8, 4) is 0 Å². The van der Waals surface area contributed by atoms with Gasteiger partial charge in [-0.2, -0.15) is 0 Å². The van der Waals surface area contributed by atoms with E-state index in [1.807, 2.05) is 12.1 Å². The van der Waals surface area contributed by atoms with Gasteiger partial charge in [-0.1, -0.05) is 52.3 Å². The van der Waals surface area contributed by atoms with Gasteiger partial charge in [0.05, 0.1) is 35.0 Å². The molecule has 2 amide bonds.